The first-order valence-corrected chi connectivity index (χ1v) is 6.71. The van der Waals surface area contributed by atoms with Gasteiger partial charge in [0.15, 0.2) is 0 Å². The number of rotatable bonds is 4. The molecule has 2 aromatic carbocycles. The van der Waals surface area contributed by atoms with Crippen LogP contribution in [0.3, 0.4) is 0 Å². The number of methoxy groups -OCH3 is 2. The van der Waals surface area contributed by atoms with Gasteiger partial charge < -0.3 is 14.6 Å². The van der Waals surface area contributed by atoms with Crippen molar-refractivity contribution >= 4 is 15.9 Å². The van der Waals surface area contributed by atoms with E-state index >= 15 is 0 Å². The van der Waals surface area contributed by atoms with E-state index in [1.54, 1.807) is 31.4 Å². The molecule has 0 radical (unpaired) electrons. The lowest BCUT2D eigenvalue weighted by molar-refractivity contribution is 0.209. The Balaban J connectivity index is 2.44. The molecule has 1 N–H and O–H groups in total. The average Bonchev–Trinajstić information content (AvgIpc) is 2.46. The van der Waals surface area contributed by atoms with Crippen LogP contribution in [-0.2, 0) is 0 Å². The highest BCUT2D eigenvalue weighted by Gasteiger charge is 2.19. The summed E-state index contributed by atoms with van der Waals surface area (Å²) < 4.78 is 24.8. The van der Waals surface area contributed by atoms with Crippen LogP contribution in [0.1, 0.15) is 17.2 Å². The summed E-state index contributed by atoms with van der Waals surface area (Å²) >= 11 is 3.19. The first kappa shape index (κ1) is 14.8. The Morgan fingerprint density at radius 2 is 1.75 bits per heavy atom. The smallest absolute Gasteiger partial charge is 0.130 e. The van der Waals surface area contributed by atoms with Gasteiger partial charge in [-0.25, -0.2) is 4.39 Å². The number of benzene rings is 2. The van der Waals surface area contributed by atoms with Crippen LogP contribution >= 0.6 is 15.9 Å². The fourth-order valence-corrected chi connectivity index (χ4v) is 2.27. The zero-order valence-corrected chi connectivity index (χ0v) is 12.6. The SMILES string of the molecule is COc1ccc(C(O)c2ccc(Br)cc2F)c(OC)c1. The second-order valence-corrected chi connectivity index (χ2v) is 5.09. The maximum Gasteiger partial charge on any atom is 0.130 e. The number of aliphatic hydroxyl groups is 1. The minimum atomic E-state index is -1.11. The van der Waals surface area contributed by atoms with Crippen molar-refractivity contribution in [2.24, 2.45) is 0 Å². The molecule has 0 bridgehead atoms. The Bertz CT molecular complexity index is 616. The fourth-order valence-electron chi connectivity index (χ4n) is 1.94. The van der Waals surface area contributed by atoms with E-state index in [1.165, 1.54) is 19.2 Å². The van der Waals surface area contributed by atoms with Gasteiger partial charge in [0, 0.05) is 21.7 Å². The summed E-state index contributed by atoms with van der Waals surface area (Å²) in [6.07, 6.45) is -1.11. The number of aliphatic hydroxyl groups excluding tert-OH is 1. The zero-order valence-electron chi connectivity index (χ0n) is 11.1. The summed E-state index contributed by atoms with van der Waals surface area (Å²) in [6, 6.07) is 9.52. The molecule has 0 saturated heterocycles. The normalized spacial score (nSPS) is 12.1. The van der Waals surface area contributed by atoms with E-state index in [0.29, 0.717) is 21.5 Å². The van der Waals surface area contributed by atoms with E-state index in [-0.39, 0.29) is 5.56 Å². The highest BCUT2D eigenvalue weighted by molar-refractivity contribution is 9.10. The molecule has 2 aromatic rings. The third-order valence-electron chi connectivity index (χ3n) is 2.99. The number of hydrogen-bond donors (Lipinski definition) is 1. The molecule has 0 saturated carbocycles. The van der Waals surface area contributed by atoms with E-state index < -0.39 is 11.9 Å². The molecule has 2 rings (SSSR count). The van der Waals surface area contributed by atoms with Gasteiger partial charge in [-0.15, -0.1) is 0 Å². The maximum absolute atomic E-state index is 13.9. The Hall–Kier alpha value is -1.59. The third kappa shape index (κ3) is 2.94. The predicted molar refractivity (Wildman–Crippen MR) is 77.7 cm³/mol. The highest BCUT2D eigenvalue weighted by atomic mass is 79.9. The summed E-state index contributed by atoms with van der Waals surface area (Å²) in [5.41, 5.74) is 0.672. The van der Waals surface area contributed by atoms with Gasteiger partial charge in [0.2, 0.25) is 0 Å². The minimum Gasteiger partial charge on any atom is -0.497 e. The third-order valence-corrected chi connectivity index (χ3v) is 3.49. The second-order valence-electron chi connectivity index (χ2n) is 4.18. The van der Waals surface area contributed by atoms with E-state index in [1.807, 2.05) is 0 Å². The van der Waals surface area contributed by atoms with Crippen molar-refractivity contribution in [3.8, 4) is 11.5 Å². The van der Waals surface area contributed by atoms with Crippen molar-refractivity contribution in [3.63, 3.8) is 0 Å². The molecule has 3 nitrogen and oxygen atoms in total. The van der Waals surface area contributed by atoms with Gasteiger partial charge in [-0.3, -0.25) is 0 Å². The molecule has 0 heterocycles. The molecule has 20 heavy (non-hydrogen) atoms. The topological polar surface area (TPSA) is 38.7 Å². The van der Waals surface area contributed by atoms with Gasteiger partial charge in [0.25, 0.3) is 0 Å². The molecule has 0 amide bonds. The molecule has 0 aliphatic heterocycles. The summed E-state index contributed by atoms with van der Waals surface area (Å²) in [4.78, 5) is 0. The minimum absolute atomic E-state index is 0.191. The lowest BCUT2D eigenvalue weighted by Gasteiger charge is -2.16. The molecular formula is C15H14BrFO3. The van der Waals surface area contributed by atoms with Gasteiger partial charge in [0.05, 0.1) is 14.2 Å². The van der Waals surface area contributed by atoms with Crippen molar-refractivity contribution in [1.82, 2.24) is 0 Å². The molecule has 0 fully saturated rings. The van der Waals surface area contributed by atoms with Crippen LogP contribution in [0.4, 0.5) is 4.39 Å². The van der Waals surface area contributed by atoms with Gasteiger partial charge in [-0.2, -0.15) is 0 Å². The van der Waals surface area contributed by atoms with E-state index in [0.717, 1.165) is 0 Å². The molecule has 106 valence electrons. The van der Waals surface area contributed by atoms with Gasteiger partial charge in [-0.1, -0.05) is 22.0 Å². The van der Waals surface area contributed by atoms with Crippen LogP contribution in [-0.4, -0.2) is 19.3 Å². The summed E-state index contributed by atoms with van der Waals surface area (Å²) in [6.45, 7) is 0. The van der Waals surface area contributed by atoms with E-state index in [4.69, 9.17) is 9.47 Å². The van der Waals surface area contributed by atoms with E-state index in [9.17, 15) is 9.50 Å². The van der Waals surface area contributed by atoms with E-state index in [2.05, 4.69) is 15.9 Å². The molecule has 1 atom stereocenters. The first-order valence-electron chi connectivity index (χ1n) is 5.91. The molecule has 0 aliphatic rings. The molecular weight excluding hydrogens is 327 g/mol. The Morgan fingerprint density at radius 3 is 2.35 bits per heavy atom. The zero-order chi connectivity index (χ0) is 14.7. The quantitative estimate of drug-likeness (QED) is 0.922. The first-order chi connectivity index (χ1) is 9.56. The highest BCUT2D eigenvalue weighted by Crippen LogP contribution is 2.34. The Labute approximate surface area is 125 Å². The number of hydrogen-bond acceptors (Lipinski definition) is 3. The molecule has 0 aromatic heterocycles. The summed E-state index contributed by atoms with van der Waals surface area (Å²) in [7, 11) is 3.03. The molecule has 5 heteroatoms. The monoisotopic (exact) mass is 340 g/mol. The fraction of sp³-hybridized carbons (Fsp3) is 0.200. The summed E-state index contributed by atoms with van der Waals surface area (Å²) in [5, 5.41) is 10.4. The van der Waals surface area contributed by atoms with Crippen molar-refractivity contribution < 1.29 is 19.0 Å². The van der Waals surface area contributed by atoms with Crippen LogP contribution in [0.2, 0.25) is 0 Å². The standard InChI is InChI=1S/C15H14BrFO3/c1-19-10-4-6-12(14(8-10)20-2)15(18)11-5-3-9(16)7-13(11)17/h3-8,15,18H,1-2H3. The van der Waals surface area contributed by atoms with Crippen molar-refractivity contribution in [1.29, 1.82) is 0 Å². The van der Waals surface area contributed by atoms with Crippen LogP contribution in [0.5, 0.6) is 11.5 Å². The second kappa shape index (κ2) is 6.24. The maximum atomic E-state index is 13.9. The van der Waals surface area contributed by atoms with Crippen LogP contribution in [0, 0.1) is 5.82 Å². The molecule has 1 unspecified atom stereocenters. The Kier molecular flexibility index (Phi) is 4.62. The lowest BCUT2D eigenvalue weighted by Crippen LogP contribution is -2.05. The number of ether oxygens (including phenoxy) is 2. The summed E-state index contributed by atoms with van der Waals surface area (Å²) in [5.74, 6) is 0.568. The van der Waals surface area contributed by atoms with Crippen LogP contribution < -0.4 is 9.47 Å². The number of halogens is 2. The van der Waals surface area contributed by atoms with Gasteiger partial charge in [0.1, 0.15) is 23.4 Å². The lowest BCUT2D eigenvalue weighted by atomic mass is 10.00. The Morgan fingerprint density at radius 1 is 1.05 bits per heavy atom. The van der Waals surface area contributed by atoms with Crippen LogP contribution in [0.15, 0.2) is 40.9 Å². The molecule has 0 aliphatic carbocycles. The van der Waals surface area contributed by atoms with Gasteiger partial charge >= 0.3 is 0 Å². The largest absolute Gasteiger partial charge is 0.497 e. The van der Waals surface area contributed by atoms with Gasteiger partial charge in [-0.05, 0) is 24.3 Å². The predicted octanol–water partition coefficient (Wildman–Crippen LogP) is 3.69. The van der Waals surface area contributed by atoms with Crippen LogP contribution in [0.25, 0.3) is 0 Å². The average molecular weight is 341 g/mol. The van der Waals surface area contributed by atoms with Crippen molar-refractivity contribution in [2.45, 2.75) is 6.10 Å². The molecule has 0 spiro atoms. The van der Waals surface area contributed by atoms with Crippen molar-refractivity contribution in [3.05, 3.63) is 57.8 Å². The van der Waals surface area contributed by atoms with Crippen molar-refractivity contribution in [2.75, 3.05) is 14.2 Å².